The van der Waals surface area contributed by atoms with Crippen LogP contribution in [0.2, 0.25) is 0 Å². The Bertz CT molecular complexity index is 910. The summed E-state index contributed by atoms with van der Waals surface area (Å²) in [7, 11) is 0. The van der Waals surface area contributed by atoms with Gasteiger partial charge in [-0.25, -0.2) is 9.97 Å². The number of nitrogens with one attached hydrogen (secondary N) is 1. The molecule has 134 valence electrons. The number of imidazole rings is 1. The standard InChI is InChI=1S/C18H20N6O2/c1-3-11(2)21-17(25)14-9-24(10-20-14)15-7-6-13(8-19-15)18-22-16(23-26-18)12-4-5-12/h6-12H,3-5H2,1-2H3,(H,21,25). The summed E-state index contributed by atoms with van der Waals surface area (Å²) < 4.78 is 7.01. The van der Waals surface area contributed by atoms with Gasteiger partial charge in [-0.15, -0.1) is 0 Å². The first kappa shape index (κ1) is 16.4. The first-order valence-corrected chi connectivity index (χ1v) is 8.79. The van der Waals surface area contributed by atoms with Crippen LogP contribution in [-0.4, -0.2) is 36.6 Å². The second-order valence-electron chi connectivity index (χ2n) is 6.59. The Hall–Kier alpha value is -3.03. The molecule has 3 aromatic heterocycles. The average molecular weight is 352 g/mol. The van der Waals surface area contributed by atoms with Gasteiger partial charge >= 0.3 is 0 Å². The predicted molar refractivity (Wildman–Crippen MR) is 93.8 cm³/mol. The maximum Gasteiger partial charge on any atom is 0.271 e. The van der Waals surface area contributed by atoms with Crippen LogP contribution in [0, 0.1) is 0 Å². The van der Waals surface area contributed by atoms with Gasteiger partial charge in [-0.05, 0) is 38.3 Å². The molecule has 3 heterocycles. The van der Waals surface area contributed by atoms with Gasteiger partial charge in [-0.3, -0.25) is 9.36 Å². The fourth-order valence-corrected chi connectivity index (χ4v) is 2.49. The molecule has 1 aliphatic carbocycles. The molecule has 1 amide bonds. The van der Waals surface area contributed by atoms with Crippen molar-refractivity contribution >= 4 is 5.91 Å². The Balaban J connectivity index is 1.49. The van der Waals surface area contributed by atoms with E-state index in [1.54, 1.807) is 23.3 Å². The molecule has 0 spiro atoms. The smallest absolute Gasteiger partial charge is 0.271 e. The van der Waals surface area contributed by atoms with Crippen molar-refractivity contribution in [1.29, 1.82) is 0 Å². The topological polar surface area (TPSA) is 98.7 Å². The lowest BCUT2D eigenvalue weighted by Crippen LogP contribution is -2.32. The second-order valence-corrected chi connectivity index (χ2v) is 6.59. The Morgan fingerprint density at radius 1 is 1.38 bits per heavy atom. The monoisotopic (exact) mass is 352 g/mol. The fourth-order valence-electron chi connectivity index (χ4n) is 2.49. The highest BCUT2D eigenvalue weighted by molar-refractivity contribution is 5.92. The van der Waals surface area contributed by atoms with E-state index in [4.69, 9.17) is 4.52 Å². The molecule has 26 heavy (non-hydrogen) atoms. The second kappa shape index (κ2) is 6.70. The van der Waals surface area contributed by atoms with E-state index in [0.717, 1.165) is 30.7 Å². The van der Waals surface area contributed by atoms with Crippen LogP contribution in [0.25, 0.3) is 17.3 Å². The molecule has 4 rings (SSSR count). The van der Waals surface area contributed by atoms with E-state index in [9.17, 15) is 4.79 Å². The van der Waals surface area contributed by atoms with Gasteiger partial charge in [0.2, 0.25) is 0 Å². The van der Waals surface area contributed by atoms with Crippen LogP contribution >= 0.6 is 0 Å². The fraction of sp³-hybridized carbons (Fsp3) is 0.389. The number of pyridine rings is 1. The van der Waals surface area contributed by atoms with Gasteiger partial charge in [-0.1, -0.05) is 12.1 Å². The number of amides is 1. The minimum Gasteiger partial charge on any atom is -0.348 e. The number of carbonyl (C=O) groups is 1. The molecule has 1 unspecified atom stereocenters. The highest BCUT2D eigenvalue weighted by Crippen LogP contribution is 2.38. The molecular weight excluding hydrogens is 332 g/mol. The Kier molecular flexibility index (Phi) is 4.24. The van der Waals surface area contributed by atoms with Crippen molar-refractivity contribution in [2.24, 2.45) is 0 Å². The maximum atomic E-state index is 12.1. The van der Waals surface area contributed by atoms with E-state index in [1.807, 2.05) is 26.0 Å². The SMILES string of the molecule is CCC(C)NC(=O)c1cn(-c2ccc(-c3nc(C4CC4)no3)cn2)cn1. The number of hydrogen-bond acceptors (Lipinski definition) is 6. The normalized spacial score (nSPS) is 15.0. The lowest BCUT2D eigenvalue weighted by atomic mass is 10.2. The van der Waals surface area contributed by atoms with Crippen LogP contribution in [0.3, 0.4) is 0 Å². The van der Waals surface area contributed by atoms with Crippen molar-refractivity contribution in [3.05, 3.63) is 42.4 Å². The van der Waals surface area contributed by atoms with E-state index in [-0.39, 0.29) is 11.9 Å². The summed E-state index contributed by atoms with van der Waals surface area (Å²) in [5.74, 6) is 2.17. The van der Waals surface area contributed by atoms with E-state index in [0.29, 0.717) is 23.3 Å². The zero-order chi connectivity index (χ0) is 18.1. The lowest BCUT2D eigenvalue weighted by Gasteiger charge is -2.09. The van der Waals surface area contributed by atoms with Gasteiger partial charge in [0.25, 0.3) is 11.8 Å². The van der Waals surface area contributed by atoms with Gasteiger partial charge in [0.05, 0.1) is 5.56 Å². The molecule has 0 aliphatic heterocycles. The van der Waals surface area contributed by atoms with Crippen LogP contribution in [0.4, 0.5) is 0 Å². The third kappa shape index (κ3) is 3.35. The molecule has 0 radical (unpaired) electrons. The molecule has 1 N–H and O–H groups in total. The molecular formula is C18H20N6O2. The summed E-state index contributed by atoms with van der Waals surface area (Å²) >= 11 is 0. The van der Waals surface area contributed by atoms with Crippen molar-refractivity contribution < 1.29 is 9.32 Å². The highest BCUT2D eigenvalue weighted by Gasteiger charge is 2.29. The number of hydrogen-bond donors (Lipinski definition) is 1. The molecule has 3 aromatic rings. The minimum absolute atomic E-state index is 0.111. The predicted octanol–water partition coefficient (Wildman–Crippen LogP) is 2.72. The van der Waals surface area contributed by atoms with Gasteiger partial charge in [0, 0.05) is 24.4 Å². The van der Waals surface area contributed by atoms with Crippen LogP contribution in [0.5, 0.6) is 0 Å². The minimum atomic E-state index is -0.187. The Morgan fingerprint density at radius 3 is 2.92 bits per heavy atom. The van der Waals surface area contributed by atoms with Crippen molar-refractivity contribution in [3.63, 3.8) is 0 Å². The number of rotatable bonds is 6. The molecule has 1 fully saturated rings. The first-order chi connectivity index (χ1) is 12.6. The quantitative estimate of drug-likeness (QED) is 0.732. The summed E-state index contributed by atoms with van der Waals surface area (Å²) in [6, 6.07) is 3.81. The number of nitrogens with zero attached hydrogens (tertiary/aromatic N) is 5. The van der Waals surface area contributed by atoms with Gasteiger partial charge in [-0.2, -0.15) is 4.98 Å². The van der Waals surface area contributed by atoms with E-state index in [1.165, 1.54) is 0 Å². The molecule has 1 atom stereocenters. The first-order valence-electron chi connectivity index (χ1n) is 8.79. The molecule has 1 aliphatic rings. The van der Waals surface area contributed by atoms with Crippen molar-refractivity contribution in [1.82, 2.24) is 30.0 Å². The highest BCUT2D eigenvalue weighted by atomic mass is 16.5. The molecule has 8 nitrogen and oxygen atoms in total. The van der Waals surface area contributed by atoms with Crippen molar-refractivity contribution in [2.45, 2.75) is 45.1 Å². The zero-order valence-corrected chi connectivity index (χ0v) is 14.7. The van der Waals surface area contributed by atoms with Gasteiger partial charge in [0.15, 0.2) is 5.82 Å². The summed E-state index contributed by atoms with van der Waals surface area (Å²) in [6.45, 7) is 3.98. The van der Waals surface area contributed by atoms with Gasteiger partial charge in [0.1, 0.15) is 17.8 Å². The van der Waals surface area contributed by atoms with Crippen LogP contribution in [0.15, 0.2) is 35.4 Å². The molecule has 0 aromatic carbocycles. The van der Waals surface area contributed by atoms with Crippen LogP contribution in [-0.2, 0) is 0 Å². The van der Waals surface area contributed by atoms with Crippen molar-refractivity contribution in [2.75, 3.05) is 0 Å². The molecule has 0 saturated heterocycles. The summed E-state index contributed by atoms with van der Waals surface area (Å²) in [5, 5.41) is 6.91. The number of carbonyl (C=O) groups excluding carboxylic acids is 1. The van der Waals surface area contributed by atoms with E-state index >= 15 is 0 Å². The van der Waals surface area contributed by atoms with E-state index in [2.05, 4.69) is 25.4 Å². The summed E-state index contributed by atoms with van der Waals surface area (Å²) in [5.41, 5.74) is 1.13. The largest absolute Gasteiger partial charge is 0.348 e. The van der Waals surface area contributed by atoms with Gasteiger partial charge < -0.3 is 9.84 Å². The Labute approximate surface area is 150 Å². The maximum absolute atomic E-state index is 12.1. The van der Waals surface area contributed by atoms with Crippen molar-refractivity contribution in [3.8, 4) is 17.3 Å². The lowest BCUT2D eigenvalue weighted by molar-refractivity contribution is 0.0934. The number of aromatic nitrogens is 5. The summed E-state index contributed by atoms with van der Waals surface area (Å²) in [6.07, 6.45) is 8.04. The van der Waals surface area contributed by atoms with Crippen LogP contribution < -0.4 is 5.32 Å². The third-order valence-electron chi connectivity index (χ3n) is 4.45. The average Bonchev–Trinajstić information content (AvgIpc) is 3.20. The zero-order valence-electron chi connectivity index (χ0n) is 14.7. The molecule has 1 saturated carbocycles. The molecule has 8 heteroatoms. The molecule has 0 bridgehead atoms. The third-order valence-corrected chi connectivity index (χ3v) is 4.45. The van der Waals surface area contributed by atoms with Crippen LogP contribution in [0.1, 0.15) is 55.3 Å². The van der Waals surface area contributed by atoms with E-state index < -0.39 is 0 Å². The Morgan fingerprint density at radius 2 is 2.23 bits per heavy atom. The summed E-state index contributed by atoms with van der Waals surface area (Å²) in [4.78, 5) is 25.1.